The number of amides is 1. The fourth-order valence-corrected chi connectivity index (χ4v) is 4.04. The third-order valence-electron chi connectivity index (χ3n) is 4.72. The maximum atomic E-state index is 12.9. The summed E-state index contributed by atoms with van der Waals surface area (Å²) < 4.78 is 31.6. The summed E-state index contributed by atoms with van der Waals surface area (Å²) in [6.07, 6.45) is 1.72. The van der Waals surface area contributed by atoms with Gasteiger partial charge in [0.15, 0.2) is 0 Å². The van der Waals surface area contributed by atoms with Crippen molar-refractivity contribution in [3.63, 3.8) is 0 Å². The second-order valence-corrected chi connectivity index (χ2v) is 9.79. The van der Waals surface area contributed by atoms with E-state index in [1.807, 2.05) is 39.0 Å². The maximum absolute atomic E-state index is 12.9. The fourth-order valence-electron chi connectivity index (χ4n) is 3.42. The van der Waals surface area contributed by atoms with Gasteiger partial charge in [0, 0.05) is 17.5 Å². The summed E-state index contributed by atoms with van der Waals surface area (Å²) in [4.78, 5) is 12.9. The van der Waals surface area contributed by atoms with Gasteiger partial charge in [0.1, 0.15) is 11.4 Å². The van der Waals surface area contributed by atoms with Crippen molar-refractivity contribution in [2.45, 2.75) is 45.8 Å². The van der Waals surface area contributed by atoms with Gasteiger partial charge in [0.05, 0.1) is 18.0 Å². The number of nitrogens with one attached hydrogen (secondary N) is 2. The van der Waals surface area contributed by atoms with Crippen molar-refractivity contribution in [2.24, 2.45) is 0 Å². The van der Waals surface area contributed by atoms with Crippen LogP contribution < -0.4 is 14.8 Å². The van der Waals surface area contributed by atoms with E-state index in [2.05, 4.69) is 10.0 Å². The van der Waals surface area contributed by atoms with Gasteiger partial charge < -0.3 is 10.1 Å². The highest BCUT2D eigenvalue weighted by atomic mass is 32.2. The summed E-state index contributed by atoms with van der Waals surface area (Å²) in [5.74, 6) is 0.516. The Morgan fingerprint density at radius 3 is 2.54 bits per heavy atom. The smallest absolute Gasteiger partial charge is 0.251 e. The SMILES string of the molecule is Cc1ccc2c(c1)[C@H](NC(=O)c1ccc(C)c(NS(C)(=O)=O)c1)CC(C)(C)O2. The molecular formula is C21H26N2O4S. The van der Waals surface area contributed by atoms with Gasteiger partial charge in [-0.1, -0.05) is 23.8 Å². The fraction of sp³-hybridized carbons (Fsp3) is 0.381. The van der Waals surface area contributed by atoms with Gasteiger partial charge in [0.2, 0.25) is 10.0 Å². The van der Waals surface area contributed by atoms with E-state index in [0.29, 0.717) is 17.7 Å². The Morgan fingerprint density at radius 2 is 1.86 bits per heavy atom. The normalized spacial score (nSPS) is 18.0. The Hall–Kier alpha value is -2.54. The maximum Gasteiger partial charge on any atom is 0.251 e. The molecule has 0 bridgehead atoms. The van der Waals surface area contributed by atoms with Crippen molar-refractivity contribution in [3.8, 4) is 5.75 Å². The van der Waals surface area contributed by atoms with Crippen molar-refractivity contribution in [1.29, 1.82) is 0 Å². The van der Waals surface area contributed by atoms with Crippen LogP contribution in [-0.2, 0) is 10.0 Å². The zero-order chi connectivity index (χ0) is 20.7. The molecule has 0 fully saturated rings. The molecule has 0 saturated heterocycles. The molecule has 7 heteroatoms. The Kier molecular flexibility index (Phi) is 5.14. The van der Waals surface area contributed by atoms with Crippen LogP contribution in [0.3, 0.4) is 0 Å². The van der Waals surface area contributed by atoms with Crippen LogP contribution in [0.25, 0.3) is 0 Å². The van der Waals surface area contributed by atoms with Gasteiger partial charge in [-0.25, -0.2) is 8.42 Å². The number of ether oxygens (including phenoxy) is 1. The quantitative estimate of drug-likeness (QED) is 0.817. The summed E-state index contributed by atoms with van der Waals surface area (Å²) >= 11 is 0. The first-order valence-corrected chi connectivity index (χ1v) is 11.0. The van der Waals surface area contributed by atoms with Crippen LogP contribution in [0.4, 0.5) is 5.69 Å². The molecule has 2 aromatic rings. The van der Waals surface area contributed by atoms with E-state index < -0.39 is 15.6 Å². The molecule has 6 nitrogen and oxygen atoms in total. The molecule has 1 amide bonds. The van der Waals surface area contributed by atoms with Crippen LogP contribution in [0, 0.1) is 13.8 Å². The molecule has 2 N–H and O–H groups in total. The lowest BCUT2D eigenvalue weighted by Crippen LogP contribution is -2.41. The van der Waals surface area contributed by atoms with Gasteiger partial charge in [-0.15, -0.1) is 0 Å². The Balaban J connectivity index is 1.89. The van der Waals surface area contributed by atoms with Crippen molar-refractivity contribution >= 4 is 21.6 Å². The van der Waals surface area contributed by atoms with Gasteiger partial charge in [-0.3, -0.25) is 9.52 Å². The Labute approximate surface area is 166 Å². The lowest BCUT2D eigenvalue weighted by Gasteiger charge is -2.38. The highest BCUT2D eigenvalue weighted by Crippen LogP contribution is 2.40. The number of benzene rings is 2. The number of hydrogen-bond acceptors (Lipinski definition) is 4. The van der Waals surface area contributed by atoms with Crippen molar-refractivity contribution < 1.29 is 17.9 Å². The zero-order valence-corrected chi connectivity index (χ0v) is 17.6. The minimum atomic E-state index is -3.43. The number of anilines is 1. The predicted molar refractivity (Wildman–Crippen MR) is 110 cm³/mol. The number of aryl methyl sites for hydroxylation is 2. The number of rotatable bonds is 4. The molecule has 1 heterocycles. The summed E-state index contributed by atoms with van der Waals surface area (Å²) in [6, 6.07) is 10.7. The van der Waals surface area contributed by atoms with Crippen LogP contribution >= 0.6 is 0 Å². The molecule has 1 aliphatic rings. The van der Waals surface area contributed by atoms with Gasteiger partial charge >= 0.3 is 0 Å². The van der Waals surface area contributed by atoms with Crippen LogP contribution in [0.5, 0.6) is 5.75 Å². The number of sulfonamides is 1. The third kappa shape index (κ3) is 4.65. The second-order valence-electron chi connectivity index (χ2n) is 8.04. The average molecular weight is 403 g/mol. The highest BCUT2D eigenvalue weighted by Gasteiger charge is 2.34. The first-order chi connectivity index (χ1) is 12.9. The molecule has 0 aliphatic carbocycles. The molecule has 0 aromatic heterocycles. The molecule has 0 spiro atoms. The van der Waals surface area contributed by atoms with Crippen molar-refractivity contribution in [2.75, 3.05) is 11.0 Å². The molecule has 0 saturated carbocycles. The number of fused-ring (bicyclic) bond motifs is 1. The zero-order valence-electron chi connectivity index (χ0n) is 16.8. The van der Waals surface area contributed by atoms with E-state index >= 15 is 0 Å². The molecule has 1 atom stereocenters. The molecule has 0 radical (unpaired) electrons. The standard InChI is InChI=1S/C21H26N2O4S/c1-13-6-9-19-16(10-13)18(12-21(3,4)27-19)22-20(24)15-8-7-14(2)17(11-15)23-28(5,25)26/h6-11,18,23H,12H2,1-5H3,(H,22,24)/t18-/m1/s1. The van der Waals surface area contributed by atoms with Crippen molar-refractivity contribution in [1.82, 2.24) is 5.32 Å². The molecule has 150 valence electrons. The summed E-state index contributed by atoms with van der Waals surface area (Å²) in [7, 11) is -3.43. The second kappa shape index (κ2) is 7.13. The number of hydrogen-bond donors (Lipinski definition) is 2. The van der Waals surface area contributed by atoms with Crippen molar-refractivity contribution in [3.05, 3.63) is 58.7 Å². The molecule has 2 aromatic carbocycles. The topological polar surface area (TPSA) is 84.5 Å². The van der Waals surface area contributed by atoms with E-state index in [0.717, 1.165) is 28.7 Å². The van der Waals surface area contributed by atoms with Gasteiger partial charge in [-0.05, 0) is 51.5 Å². The minimum absolute atomic E-state index is 0.196. The van der Waals surface area contributed by atoms with E-state index in [4.69, 9.17) is 4.74 Å². The molecule has 28 heavy (non-hydrogen) atoms. The third-order valence-corrected chi connectivity index (χ3v) is 5.31. The first-order valence-electron chi connectivity index (χ1n) is 9.12. The number of carbonyl (C=O) groups is 1. The molecule has 3 rings (SSSR count). The Morgan fingerprint density at radius 1 is 1.14 bits per heavy atom. The van der Waals surface area contributed by atoms with Crippen LogP contribution in [0.15, 0.2) is 36.4 Å². The van der Waals surface area contributed by atoms with E-state index in [1.165, 1.54) is 0 Å². The van der Waals surface area contributed by atoms with Crippen LogP contribution in [0.1, 0.15) is 53.4 Å². The predicted octanol–water partition coefficient (Wildman–Crippen LogP) is 3.71. The molecular weight excluding hydrogens is 376 g/mol. The van der Waals surface area contributed by atoms with E-state index in [-0.39, 0.29) is 11.9 Å². The molecule has 1 aliphatic heterocycles. The summed E-state index contributed by atoms with van der Waals surface area (Å²) in [6.45, 7) is 7.78. The first kappa shape index (κ1) is 20.2. The average Bonchev–Trinajstić information content (AvgIpc) is 2.55. The summed E-state index contributed by atoms with van der Waals surface area (Å²) in [5.41, 5.74) is 3.19. The minimum Gasteiger partial charge on any atom is -0.487 e. The highest BCUT2D eigenvalue weighted by molar-refractivity contribution is 7.92. The van der Waals surface area contributed by atoms with Gasteiger partial charge in [-0.2, -0.15) is 0 Å². The van der Waals surface area contributed by atoms with E-state index in [1.54, 1.807) is 25.1 Å². The lowest BCUT2D eigenvalue weighted by atomic mass is 9.88. The largest absolute Gasteiger partial charge is 0.487 e. The lowest BCUT2D eigenvalue weighted by molar-refractivity contribution is 0.0619. The van der Waals surface area contributed by atoms with E-state index in [9.17, 15) is 13.2 Å². The number of carbonyl (C=O) groups excluding carboxylic acids is 1. The van der Waals surface area contributed by atoms with Crippen LogP contribution in [-0.4, -0.2) is 26.2 Å². The molecule has 0 unspecified atom stereocenters. The van der Waals surface area contributed by atoms with Crippen LogP contribution in [0.2, 0.25) is 0 Å². The Bertz CT molecular complexity index is 1030. The van der Waals surface area contributed by atoms with Gasteiger partial charge in [0.25, 0.3) is 5.91 Å². The monoisotopic (exact) mass is 402 g/mol. The summed E-state index contributed by atoms with van der Waals surface area (Å²) in [5, 5.41) is 3.09.